The van der Waals surface area contributed by atoms with Crippen LogP contribution in [0.2, 0.25) is 0 Å². The lowest BCUT2D eigenvalue weighted by atomic mass is 9.91. The van der Waals surface area contributed by atoms with Crippen molar-refractivity contribution in [3.05, 3.63) is 36.0 Å². The maximum atomic E-state index is 12.7. The third kappa shape index (κ3) is 5.42. The first kappa shape index (κ1) is 20.9. The molecular formula is C24H33N3O3. The zero-order valence-electron chi connectivity index (χ0n) is 17.7. The zero-order chi connectivity index (χ0) is 20.8. The minimum absolute atomic E-state index is 0.128. The van der Waals surface area contributed by atoms with Crippen molar-refractivity contribution in [1.29, 1.82) is 0 Å². The summed E-state index contributed by atoms with van der Waals surface area (Å²) in [5.41, 5.74) is 2.34. The summed E-state index contributed by atoms with van der Waals surface area (Å²) in [6, 6.07) is 8.23. The normalized spacial score (nSPS) is 20.0. The summed E-state index contributed by atoms with van der Waals surface area (Å²) in [7, 11) is 0. The molecule has 2 amide bonds. The minimum Gasteiger partial charge on any atom is -0.376 e. The zero-order valence-corrected chi connectivity index (χ0v) is 17.7. The Kier molecular flexibility index (Phi) is 7.05. The molecule has 1 aromatic heterocycles. The lowest BCUT2D eigenvalue weighted by Crippen LogP contribution is -2.39. The summed E-state index contributed by atoms with van der Waals surface area (Å²) in [4.78, 5) is 30.0. The summed E-state index contributed by atoms with van der Waals surface area (Å²) >= 11 is 0. The number of para-hydroxylation sites is 1. The third-order valence-electron chi connectivity index (χ3n) is 6.58. The number of nitrogens with zero attached hydrogens (tertiary/aromatic N) is 1. The van der Waals surface area contributed by atoms with Crippen molar-refractivity contribution in [2.45, 2.75) is 57.5 Å². The summed E-state index contributed by atoms with van der Waals surface area (Å²) < 4.78 is 5.54. The lowest BCUT2D eigenvalue weighted by molar-refractivity contribution is -0.132. The van der Waals surface area contributed by atoms with Crippen LogP contribution < -0.4 is 5.32 Å². The van der Waals surface area contributed by atoms with E-state index in [4.69, 9.17) is 4.74 Å². The number of H-pyrrole nitrogens is 1. The molecule has 3 heterocycles. The van der Waals surface area contributed by atoms with Crippen LogP contribution in [0.3, 0.4) is 0 Å². The van der Waals surface area contributed by atoms with Gasteiger partial charge in [0.1, 0.15) is 0 Å². The quantitative estimate of drug-likeness (QED) is 0.699. The molecule has 2 fully saturated rings. The van der Waals surface area contributed by atoms with E-state index in [1.165, 1.54) is 10.9 Å². The number of hydrogen-bond acceptors (Lipinski definition) is 3. The summed E-state index contributed by atoms with van der Waals surface area (Å²) in [6.07, 6.45) is 9.18. The highest BCUT2D eigenvalue weighted by Gasteiger charge is 2.23. The van der Waals surface area contributed by atoms with Crippen LogP contribution in [0.25, 0.3) is 10.9 Å². The molecule has 162 valence electrons. The van der Waals surface area contributed by atoms with Crippen LogP contribution in [-0.2, 0) is 20.7 Å². The molecule has 1 atom stereocenters. The molecule has 2 aromatic rings. The smallest absolute Gasteiger partial charge is 0.222 e. The Bertz CT molecular complexity index is 848. The van der Waals surface area contributed by atoms with Gasteiger partial charge in [0, 0.05) is 56.2 Å². The van der Waals surface area contributed by atoms with E-state index in [9.17, 15) is 9.59 Å². The van der Waals surface area contributed by atoms with Gasteiger partial charge in [-0.1, -0.05) is 18.2 Å². The van der Waals surface area contributed by atoms with Gasteiger partial charge in [0.15, 0.2) is 0 Å². The fourth-order valence-electron chi connectivity index (χ4n) is 4.67. The van der Waals surface area contributed by atoms with E-state index in [0.29, 0.717) is 25.3 Å². The summed E-state index contributed by atoms with van der Waals surface area (Å²) in [6.45, 7) is 3.09. The second kappa shape index (κ2) is 10.1. The van der Waals surface area contributed by atoms with Crippen LogP contribution in [0.15, 0.2) is 30.5 Å². The van der Waals surface area contributed by atoms with Gasteiger partial charge < -0.3 is 19.9 Å². The van der Waals surface area contributed by atoms with Gasteiger partial charge in [-0.2, -0.15) is 0 Å². The Morgan fingerprint density at radius 3 is 2.77 bits per heavy atom. The molecule has 2 N–H and O–H groups in total. The van der Waals surface area contributed by atoms with Crippen LogP contribution in [0.1, 0.15) is 50.5 Å². The van der Waals surface area contributed by atoms with Gasteiger partial charge in [-0.3, -0.25) is 9.59 Å². The summed E-state index contributed by atoms with van der Waals surface area (Å²) in [5, 5.41) is 4.21. The number of amides is 2. The Morgan fingerprint density at radius 2 is 1.97 bits per heavy atom. The molecule has 6 nitrogen and oxygen atoms in total. The van der Waals surface area contributed by atoms with E-state index in [2.05, 4.69) is 22.4 Å². The van der Waals surface area contributed by atoms with Crippen molar-refractivity contribution in [2.24, 2.45) is 5.92 Å². The first-order valence-corrected chi connectivity index (χ1v) is 11.4. The molecule has 1 aromatic carbocycles. The number of nitrogens with one attached hydrogen (secondary N) is 2. The second-order valence-corrected chi connectivity index (χ2v) is 8.66. The fourth-order valence-corrected chi connectivity index (χ4v) is 4.67. The van der Waals surface area contributed by atoms with Crippen LogP contribution >= 0.6 is 0 Å². The second-order valence-electron chi connectivity index (χ2n) is 8.66. The van der Waals surface area contributed by atoms with Crippen LogP contribution in [0.5, 0.6) is 0 Å². The molecule has 2 aliphatic rings. The van der Waals surface area contributed by atoms with Gasteiger partial charge in [0.05, 0.1) is 6.10 Å². The summed E-state index contributed by atoms with van der Waals surface area (Å²) in [5.74, 6) is 0.909. The Hall–Kier alpha value is -2.34. The van der Waals surface area contributed by atoms with Crippen molar-refractivity contribution in [1.82, 2.24) is 15.2 Å². The SMILES string of the molecule is O=C(CCC1CCN(C(=O)CCc2c[nH]c3ccccc23)CC1)NC[C@H]1CCCO1. The molecular weight excluding hydrogens is 378 g/mol. The largest absolute Gasteiger partial charge is 0.376 e. The first-order chi connectivity index (χ1) is 14.7. The Balaban J connectivity index is 1.13. The molecule has 0 radical (unpaired) electrons. The predicted octanol–water partition coefficient (Wildman–Crippen LogP) is 3.41. The number of aromatic nitrogens is 1. The monoisotopic (exact) mass is 411 g/mol. The van der Waals surface area contributed by atoms with Crippen molar-refractivity contribution < 1.29 is 14.3 Å². The standard InChI is InChI=1S/C24H33N3O3/c28-23(26-17-20-4-3-15-30-20)9-7-18-11-13-27(14-12-18)24(29)10-8-19-16-25-22-6-2-1-5-21(19)22/h1-2,5-6,16,18,20,25H,3-4,7-15,17H2,(H,26,28)/t20-/m1/s1. The Labute approximate surface area is 178 Å². The highest BCUT2D eigenvalue weighted by Crippen LogP contribution is 2.24. The number of hydrogen-bond donors (Lipinski definition) is 2. The maximum absolute atomic E-state index is 12.7. The van der Waals surface area contributed by atoms with Gasteiger partial charge in [-0.15, -0.1) is 0 Å². The molecule has 2 saturated heterocycles. The molecule has 0 saturated carbocycles. The number of likely N-dealkylation sites (tertiary alicyclic amines) is 1. The molecule has 30 heavy (non-hydrogen) atoms. The van der Waals surface area contributed by atoms with Gasteiger partial charge >= 0.3 is 0 Å². The van der Waals surface area contributed by atoms with E-state index >= 15 is 0 Å². The highest BCUT2D eigenvalue weighted by molar-refractivity contribution is 5.84. The number of rotatable bonds is 8. The van der Waals surface area contributed by atoms with Crippen LogP contribution in [-0.4, -0.2) is 54.0 Å². The number of fused-ring (bicyclic) bond motifs is 1. The molecule has 0 aliphatic carbocycles. The number of piperidine rings is 1. The van der Waals surface area contributed by atoms with Gasteiger partial charge in [0.25, 0.3) is 0 Å². The minimum atomic E-state index is 0.128. The topological polar surface area (TPSA) is 74.4 Å². The van der Waals surface area contributed by atoms with Crippen molar-refractivity contribution in [3.63, 3.8) is 0 Å². The predicted molar refractivity (Wildman–Crippen MR) is 117 cm³/mol. The number of ether oxygens (including phenoxy) is 1. The third-order valence-corrected chi connectivity index (χ3v) is 6.58. The van der Waals surface area contributed by atoms with E-state index < -0.39 is 0 Å². The molecule has 2 aliphatic heterocycles. The average Bonchev–Trinajstić information content (AvgIpc) is 3.45. The average molecular weight is 412 g/mol. The van der Waals surface area contributed by atoms with Crippen molar-refractivity contribution in [3.8, 4) is 0 Å². The lowest BCUT2D eigenvalue weighted by Gasteiger charge is -2.32. The van der Waals surface area contributed by atoms with E-state index in [0.717, 1.165) is 63.7 Å². The Morgan fingerprint density at radius 1 is 1.13 bits per heavy atom. The molecule has 6 heteroatoms. The molecule has 0 spiro atoms. The van der Waals surface area contributed by atoms with Crippen LogP contribution in [0, 0.1) is 5.92 Å². The number of aryl methyl sites for hydroxylation is 1. The van der Waals surface area contributed by atoms with Crippen molar-refractivity contribution in [2.75, 3.05) is 26.2 Å². The molecule has 0 unspecified atom stereocenters. The highest BCUT2D eigenvalue weighted by atomic mass is 16.5. The van der Waals surface area contributed by atoms with Crippen LogP contribution in [0.4, 0.5) is 0 Å². The van der Waals surface area contributed by atoms with E-state index in [1.807, 2.05) is 23.2 Å². The maximum Gasteiger partial charge on any atom is 0.222 e. The molecule has 4 rings (SSSR count). The van der Waals surface area contributed by atoms with Crippen molar-refractivity contribution >= 4 is 22.7 Å². The number of benzene rings is 1. The number of carbonyl (C=O) groups excluding carboxylic acids is 2. The fraction of sp³-hybridized carbons (Fsp3) is 0.583. The van der Waals surface area contributed by atoms with Gasteiger partial charge in [-0.25, -0.2) is 0 Å². The molecule has 0 bridgehead atoms. The first-order valence-electron chi connectivity index (χ1n) is 11.4. The van der Waals surface area contributed by atoms with E-state index in [-0.39, 0.29) is 17.9 Å². The van der Waals surface area contributed by atoms with Gasteiger partial charge in [-0.05, 0) is 56.1 Å². The number of carbonyl (C=O) groups is 2. The van der Waals surface area contributed by atoms with Gasteiger partial charge in [0.2, 0.25) is 11.8 Å². The number of aromatic amines is 1. The van der Waals surface area contributed by atoms with E-state index in [1.54, 1.807) is 0 Å².